The van der Waals surface area contributed by atoms with Crippen molar-refractivity contribution in [2.75, 3.05) is 20.2 Å². The number of rotatable bonds is 12. The van der Waals surface area contributed by atoms with Gasteiger partial charge in [0.1, 0.15) is 23.8 Å². The summed E-state index contributed by atoms with van der Waals surface area (Å²) in [6.45, 7) is 18.0. The number of unbranched alkanes of at least 4 members (excludes halogenated alkanes) is 1. The van der Waals surface area contributed by atoms with E-state index in [1.54, 1.807) is 34.6 Å². The smallest absolute Gasteiger partial charge is 0.410 e. The number of ketones is 2. The van der Waals surface area contributed by atoms with Gasteiger partial charge in [0.2, 0.25) is 0 Å². The number of aromatic nitrogens is 2. The molecule has 1 unspecified atom stereocenters. The number of cyclic esters (lactones) is 1. The number of halogens is 1. The van der Waals surface area contributed by atoms with Gasteiger partial charge in [-0.05, 0) is 78.5 Å². The Bertz CT molecular complexity index is 1820. The molecule has 0 spiro atoms. The van der Waals surface area contributed by atoms with E-state index in [1.807, 2.05) is 38.1 Å². The highest BCUT2D eigenvalue weighted by molar-refractivity contribution is 6.08. The number of aryl methyl sites for hydroxylation is 2. The number of methoxy groups -OCH3 is 1. The van der Waals surface area contributed by atoms with E-state index in [0.29, 0.717) is 32.4 Å². The number of imidazole rings is 1. The highest BCUT2D eigenvalue weighted by atomic mass is 19.1. The lowest BCUT2D eigenvalue weighted by Crippen LogP contribution is -2.62. The zero-order valence-electron chi connectivity index (χ0n) is 36.8. The predicted molar refractivity (Wildman–Crippen MR) is 218 cm³/mol. The molecule has 3 aliphatic heterocycles. The monoisotopic (exact) mass is 830 g/mol. The van der Waals surface area contributed by atoms with Crippen LogP contribution in [-0.4, -0.2) is 123 Å². The van der Waals surface area contributed by atoms with Crippen LogP contribution in [0.1, 0.15) is 107 Å². The van der Waals surface area contributed by atoms with Gasteiger partial charge in [-0.2, -0.15) is 0 Å². The Balaban J connectivity index is 1.49. The molecule has 1 aromatic carbocycles. The molecule has 0 bridgehead atoms. The number of amides is 1. The Kier molecular flexibility index (Phi) is 14.7. The molecule has 14 nitrogen and oxygen atoms in total. The number of Topliss-reactive ketones (excluding diaryl/α,β-unsaturated/α-hetero) is 2. The molecule has 1 amide bonds. The fourth-order valence-corrected chi connectivity index (χ4v) is 9.89. The van der Waals surface area contributed by atoms with Crippen molar-refractivity contribution in [3.63, 3.8) is 0 Å². The van der Waals surface area contributed by atoms with Crippen LogP contribution in [0.3, 0.4) is 0 Å². The van der Waals surface area contributed by atoms with Crippen molar-refractivity contribution in [1.29, 1.82) is 0 Å². The average Bonchev–Trinajstić information content (AvgIpc) is 3.69. The fourth-order valence-electron chi connectivity index (χ4n) is 9.89. The molecule has 59 heavy (non-hydrogen) atoms. The molecule has 3 aliphatic rings. The van der Waals surface area contributed by atoms with E-state index in [9.17, 15) is 24.3 Å². The zero-order chi connectivity index (χ0) is 43.6. The van der Waals surface area contributed by atoms with Crippen LogP contribution in [0.2, 0.25) is 0 Å². The SMILES string of the molecule is CCN[C@H]1C[C@@H](C)O[C@@H](O[C@@H]2[C@H](C)C(=O)[C@](C)(F)C(=O)O[C@H](CC)[C@@]3(C)OC(=O)N(CCCCn4c(CC)nc5ccccc54)C3[C@@H](C)C(=O)[C@H](C)C[C@@]2(C)OC)[C@H]1O. The van der Waals surface area contributed by atoms with Crippen molar-refractivity contribution in [3.05, 3.63) is 30.1 Å². The van der Waals surface area contributed by atoms with E-state index >= 15 is 4.39 Å². The molecule has 0 saturated carbocycles. The van der Waals surface area contributed by atoms with Crippen LogP contribution >= 0.6 is 0 Å². The minimum Gasteiger partial charge on any atom is -0.455 e. The van der Waals surface area contributed by atoms with Crippen molar-refractivity contribution >= 4 is 34.7 Å². The maximum Gasteiger partial charge on any atom is 0.410 e. The summed E-state index contributed by atoms with van der Waals surface area (Å²) in [7, 11) is 1.41. The van der Waals surface area contributed by atoms with E-state index in [4.69, 9.17) is 28.7 Å². The lowest BCUT2D eigenvalue weighted by atomic mass is 9.73. The summed E-state index contributed by atoms with van der Waals surface area (Å²) in [4.78, 5) is 63.2. The molecule has 0 aliphatic carbocycles. The molecule has 1 aromatic heterocycles. The zero-order valence-corrected chi connectivity index (χ0v) is 36.8. The molecule has 330 valence electrons. The van der Waals surface area contributed by atoms with E-state index < -0.39 is 89.2 Å². The van der Waals surface area contributed by atoms with Crippen LogP contribution < -0.4 is 5.32 Å². The van der Waals surface area contributed by atoms with Crippen molar-refractivity contribution in [2.45, 2.75) is 174 Å². The van der Waals surface area contributed by atoms with Crippen molar-refractivity contribution in [2.24, 2.45) is 17.8 Å². The number of esters is 1. The largest absolute Gasteiger partial charge is 0.455 e. The first-order valence-electron chi connectivity index (χ1n) is 21.5. The van der Waals surface area contributed by atoms with Crippen LogP contribution in [0.15, 0.2) is 24.3 Å². The number of benzene rings is 1. The summed E-state index contributed by atoms with van der Waals surface area (Å²) >= 11 is 0. The number of alkyl halides is 1. The lowest BCUT2D eigenvalue weighted by Gasteiger charge is -2.46. The topological polar surface area (TPSA) is 168 Å². The van der Waals surface area contributed by atoms with Crippen LogP contribution in [0.25, 0.3) is 11.0 Å². The molecular weight excluding hydrogens is 763 g/mol. The number of aliphatic hydroxyl groups excluding tert-OH is 1. The second-order valence-corrected chi connectivity index (χ2v) is 17.5. The van der Waals surface area contributed by atoms with Gasteiger partial charge in [0.25, 0.3) is 5.67 Å². The summed E-state index contributed by atoms with van der Waals surface area (Å²) in [5.41, 5.74) is -4.25. The molecule has 2 aromatic rings. The lowest BCUT2D eigenvalue weighted by molar-refractivity contribution is -0.290. The first-order valence-corrected chi connectivity index (χ1v) is 21.5. The van der Waals surface area contributed by atoms with E-state index in [-0.39, 0.29) is 31.3 Å². The van der Waals surface area contributed by atoms with E-state index in [1.165, 1.54) is 18.9 Å². The molecule has 15 heteroatoms. The van der Waals surface area contributed by atoms with Crippen molar-refractivity contribution in [1.82, 2.24) is 19.8 Å². The number of carbonyl (C=O) groups excluding carboxylic acids is 4. The van der Waals surface area contributed by atoms with Gasteiger partial charge in [0, 0.05) is 50.4 Å². The van der Waals surface area contributed by atoms with Gasteiger partial charge in [-0.15, -0.1) is 0 Å². The minimum absolute atomic E-state index is 0.00544. The minimum atomic E-state index is -3.17. The summed E-state index contributed by atoms with van der Waals surface area (Å²) < 4.78 is 49.7. The Hall–Kier alpha value is -3.50. The second-order valence-electron chi connectivity index (χ2n) is 17.5. The quantitative estimate of drug-likeness (QED) is 0.152. The van der Waals surface area contributed by atoms with Gasteiger partial charge in [0.05, 0.1) is 34.9 Å². The van der Waals surface area contributed by atoms with Gasteiger partial charge in [0.15, 0.2) is 17.7 Å². The molecule has 2 N–H and O–H groups in total. The Labute approximate surface area is 348 Å². The number of aliphatic hydroxyl groups is 1. The molecule has 3 fully saturated rings. The molecule has 13 atom stereocenters. The summed E-state index contributed by atoms with van der Waals surface area (Å²) in [6, 6.07) is 6.64. The molecule has 0 radical (unpaired) electrons. The predicted octanol–water partition coefficient (Wildman–Crippen LogP) is 5.72. The summed E-state index contributed by atoms with van der Waals surface area (Å²) in [5, 5.41) is 14.6. The summed E-state index contributed by atoms with van der Waals surface area (Å²) in [5.74, 6) is -4.78. The number of hydrogen-bond acceptors (Lipinski definition) is 12. The summed E-state index contributed by atoms with van der Waals surface area (Å²) in [6.07, 6.45) is -3.34. The second kappa shape index (κ2) is 18.6. The van der Waals surface area contributed by atoms with Crippen molar-refractivity contribution < 1.29 is 52.4 Å². The van der Waals surface area contributed by atoms with Gasteiger partial charge < -0.3 is 43.6 Å². The maximum absolute atomic E-state index is 16.9. The number of hydrogen-bond donors (Lipinski definition) is 2. The van der Waals surface area contributed by atoms with Gasteiger partial charge >= 0.3 is 12.1 Å². The highest BCUT2D eigenvalue weighted by Gasteiger charge is 2.61. The number of ether oxygens (including phenoxy) is 5. The normalized spacial score (nSPS) is 37.6. The van der Waals surface area contributed by atoms with Gasteiger partial charge in [-0.1, -0.05) is 53.7 Å². The Morgan fingerprint density at radius 1 is 1.00 bits per heavy atom. The van der Waals surface area contributed by atoms with Gasteiger partial charge in [-0.25, -0.2) is 19.0 Å². The third-order valence-electron chi connectivity index (χ3n) is 13.1. The third kappa shape index (κ3) is 9.10. The van der Waals surface area contributed by atoms with Crippen LogP contribution in [-0.2, 0) is 51.0 Å². The van der Waals surface area contributed by atoms with E-state index in [0.717, 1.165) is 30.2 Å². The molecule has 4 heterocycles. The molecule has 5 rings (SSSR count). The van der Waals surface area contributed by atoms with Crippen LogP contribution in [0, 0.1) is 17.8 Å². The number of carbonyl (C=O) groups is 4. The average molecular weight is 831 g/mol. The number of nitrogens with zero attached hydrogens (tertiary/aromatic N) is 3. The number of nitrogens with one attached hydrogen (secondary N) is 1. The number of likely N-dealkylation sites (N-methyl/N-ethyl adjacent to an activating group) is 1. The Morgan fingerprint density at radius 2 is 1.68 bits per heavy atom. The maximum atomic E-state index is 16.9. The number of fused-ring (bicyclic) bond motifs is 2. The Morgan fingerprint density at radius 3 is 2.32 bits per heavy atom. The molecule has 3 saturated heterocycles. The first-order chi connectivity index (χ1) is 27.8. The standard InChI is InChI=1S/C44H67FN4O10/c1-12-32-44(10)36(49(41(54)59-44)22-18-17-21-48-31-20-16-15-19-29(31)47-33(48)13-2)27(6)34(50)25(4)24-42(8,55-11)38(28(7)37(52)43(9,45)40(53)57-32)58-39-35(51)30(46-14-3)23-26(5)56-39/h15-16,19-20,25-28,30,32,35-36,38-39,46,51H,12-14,17-18,21-24H2,1-11H3/t25-,26-,27+,28-,30+,32-,35+,36?,38-,39+,42-,43+,44-/m1/s1. The number of para-hydroxylation sites is 2. The third-order valence-corrected chi connectivity index (χ3v) is 13.1. The van der Waals surface area contributed by atoms with Gasteiger partial charge in [-0.3, -0.25) is 9.59 Å². The first kappa shape index (κ1) is 46.6. The van der Waals surface area contributed by atoms with Crippen molar-refractivity contribution in [3.8, 4) is 0 Å². The van der Waals surface area contributed by atoms with Crippen LogP contribution in [0.5, 0.6) is 0 Å². The molecular formula is C44H67FN4O10. The highest BCUT2D eigenvalue weighted by Crippen LogP contribution is 2.43. The fraction of sp³-hybridized carbons (Fsp3) is 0.750. The van der Waals surface area contributed by atoms with Crippen LogP contribution in [0.4, 0.5) is 9.18 Å². The van der Waals surface area contributed by atoms with E-state index in [2.05, 4.69) is 16.8 Å².